The first-order valence-corrected chi connectivity index (χ1v) is 8.42. The van der Waals surface area contributed by atoms with Gasteiger partial charge in [0.05, 0.1) is 11.9 Å². The van der Waals surface area contributed by atoms with Crippen molar-refractivity contribution in [1.82, 2.24) is 9.78 Å². The third-order valence-electron chi connectivity index (χ3n) is 3.42. The van der Waals surface area contributed by atoms with Gasteiger partial charge in [0, 0.05) is 22.2 Å². The van der Waals surface area contributed by atoms with E-state index in [0.717, 1.165) is 28.3 Å². The van der Waals surface area contributed by atoms with Crippen molar-refractivity contribution < 1.29 is 0 Å². The maximum absolute atomic E-state index is 5.35. The summed E-state index contributed by atoms with van der Waals surface area (Å²) in [4.78, 5) is 1.26. The van der Waals surface area contributed by atoms with Gasteiger partial charge in [0.15, 0.2) is 0 Å². The minimum atomic E-state index is 0.871. The van der Waals surface area contributed by atoms with Gasteiger partial charge in [-0.05, 0) is 30.0 Å². The number of para-hydroxylation sites is 1. The van der Waals surface area contributed by atoms with Crippen LogP contribution >= 0.6 is 11.8 Å². The van der Waals surface area contributed by atoms with Crippen LogP contribution in [-0.2, 0) is 0 Å². The van der Waals surface area contributed by atoms with E-state index in [-0.39, 0.29) is 0 Å². The van der Waals surface area contributed by atoms with Crippen molar-refractivity contribution in [3.05, 3.63) is 66.4 Å². The Hall–Kier alpha value is -2.53. The summed E-state index contributed by atoms with van der Waals surface area (Å²) in [7, 11) is 0. The van der Waals surface area contributed by atoms with Crippen molar-refractivity contribution in [1.29, 1.82) is 0 Å². The summed E-state index contributed by atoms with van der Waals surface area (Å²) in [5, 5.41) is 8.37. The summed E-state index contributed by atoms with van der Waals surface area (Å²) in [5.41, 5.74) is 3.82. The number of hydrazone groups is 1. The molecule has 23 heavy (non-hydrogen) atoms. The molecule has 0 radical (unpaired) electrons. The average Bonchev–Trinajstić information content (AvgIpc) is 3.01. The molecule has 0 saturated carbocycles. The Bertz CT molecular complexity index is 792. The van der Waals surface area contributed by atoms with Gasteiger partial charge in [-0.2, -0.15) is 10.2 Å². The first kappa shape index (κ1) is 15.4. The molecular weight excluding hydrogens is 304 g/mol. The van der Waals surface area contributed by atoms with Crippen LogP contribution in [0.15, 0.2) is 70.8 Å². The van der Waals surface area contributed by atoms with Gasteiger partial charge in [-0.25, -0.2) is 4.68 Å². The van der Waals surface area contributed by atoms with Crippen LogP contribution in [0.2, 0.25) is 0 Å². The van der Waals surface area contributed by atoms with Crippen LogP contribution in [0.25, 0.3) is 16.9 Å². The van der Waals surface area contributed by atoms with E-state index in [4.69, 9.17) is 10.9 Å². The topological polar surface area (TPSA) is 56.2 Å². The highest BCUT2D eigenvalue weighted by Crippen LogP contribution is 2.26. The molecular formula is C18H18N4S. The van der Waals surface area contributed by atoms with Crippen LogP contribution < -0.4 is 5.84 Å². The van der Waals surface area contributed by atoms with Gasteiger partial charge in [-0.3, -0.25) is 0 Å². The highest BCUT2D eigenvalue weighted by molar-refractivity contribution is 7.99. The monoisotopic (exact) mass is 322 g/mol. The number of hydrogen-bond acceptors (Lipinski definition) is 4. The van der Waals surface area contributed by atoms with E-state index in [0.29, 0.717) is 0 Å². The molecule has 0 bridgehead atoms. The largest absolute Gasteiger partial charge is 0.323 e. The predicted octanol–water partition coefficient (Wildman–Crippen LogP) is 3.94. The third-order valence-corrected chi connectivity index (χ3v) is 4.31. The first-order valence-electron chi connectivity index (χ1n) is 7.43. The molecule has 5 heteroatoms. The van der Waals surface area contributed by atoms with Crippen LogP contribution in [0.5, 0.6) is 0 Å². The molecule has 2 aromatic carbocycles. The highest BCUT2D eigenvalue weighted by atomic mass is 32.2. The summed E-state index contributed by atoms with van der Waals surface area (Å²) in [6.45, 7) is 2.15. The van der Waals surface area contributed by atoms with Gasteiger partial charge in [0.2, 0.25) is 0 Å². The van der Waals surface area contributed by atoms with Crippen molar-refractivity contribution in [2.75, 3.05) is 5.75 Å². The molecule has 0 aliphatic rings. The minimum Gasteiger partial charge on any atom is -0.323 e. The molecule has 1 heterocycles. The molecule has 3 aromatic rings. The average molecular weight is 322 g/mol. The summed E-state index contributed by atoms with van der Waals surface area (Å²) in [6, 6.07) is 18.4. The van der Waals surface area contributed by atoms with Gasteiger partial charge in [0.1, 0.15) is 5.69 Å². The number of nitrogens with two attached hydrogens (primary N) is 1. The van der Waals surface area contributed by atoms with Gasteiger partial charge >= 0.3 is 0 Å². The molecule has 0 fully saturated rings. The molecule has 116 valence electrons. The zero-order valence-electron chi connectivity index (χ0n) is 12.9. The highest BCUT2D eigenvalue weighted by Gasteiger charge is 2.11. The van der Waals surface area contributed by atoms with Crippen LogP contribution in [0.4, 0.5) is 0 Å². The number of aromatic nitrogens is 2. The number of thioether (sulfide) groups is 1. The summed E-state index contributed by atoms with van der Waals surface area (Å²) < 4.78 is 1.85. The lowest BCUT2D eigenvalue weighted by Crippen LogP contribution is -1.93. The molecule has 2 N–H and O–H groups in total. The van der Waals surface area contributed by atoms with E-state index >= 15 is 0 Å². The second kappa shape index (κ2) is 7.15. The number of rotatable bonds is 5. The van der Waals surface area contributed by atoms with E-state index in [2.05, 4.69) is 36.3 Å². The van der Waals surface area contributed by atoms with E-state index in [1.54, 1.807) is 6.21 Å². The quantitative estimate of drug-likeness (QED) is 0.335. The normalized spacial score (nSPS) is 11.2. The first-order chi connectivity index (χ1) is 11.3. The van der Waals surface area contributed by atoms with Gasteiger partial charge in [0.25, 0.3) is 0 Å². The molecule has 0 amide bonds. The Balaban J connectivity index is 2.02. The zero-order chi connectivity index (χ0) is 16.1. The maximum Gasteiger partial charge on any atom is 0.102 e. The fourth-order valence-corrected chi connectivity index (χ4v) is 3.04. The zero-order valence-corrected chi connectivity index (χ0v) is 13.7. The van der Waals surface area contributed by atoms with Crippen LogP contribution in [-0.4, -0.2) is 21.7 Å². The number of nitrogens with zero attached hydrogens (tertiary/aromatic N) is 3. The summed E-state index contributed by atoms with van der Waals surface area (Å²) in [5.74, 6) is 6.41. The predicted molar refractivity (Wildman–Crippen MR) is 97.2 cm³/mol. The Labute approximate surface area is 140 Å². The second-order valence-corrected chi connectivity index (χ2v) is 6.29. The third kappa shape index (κ3) is 3.46. The Morgan fingerprint density at radius 1 is 1.13 bits per heavy atom. The van der Waals surface area contributed by atoms with Gasteiger partial charge in [-0.1, -0.05) is 37.3 Å². The van der Waals surface area contributed by atoms with Crippen molar-refractivity contribution >= 4 is 18.0 Å². The van der Waals surface area contributed by atoms with Crippen molar-refractivity contribution in [2.45, 2.75) is 11.8 Å². The molecule has 0 spiro atoms. The fraction of sp³-hybridized carbons (Fsp3) is 0.111. The van der Waals surface area contributed by atoms with Crippen LogP contribution in [0.1, 0.15) is 12.5 Å². The van der Waals surface area contributed by atoms with Crippen molar-refractivity contribution in [2.24, 2.45) is 10.9 Å². The second-order valence-electron chi connectivity index (χ2n) is 4.95. The lowest BCUT2D eigenvalue weighted by Gasteiger charge is -2.02. The minimum absolute atomic E-state index is 0.871. The van der Waals surface area contributed by atoms with Gasteiger partial charge in [-0.15, -0.1) is 11.8 Å². The molecule has 4 nitrogen and oxygen atoms in total. The molecule has 1 aromatic heterocycles. The number of benzene rings is 2. The smallest absolute Gasteiger partial charge is 0.102 e. The molecule has 0 saturated heterocycles. The van der Waals surface area contributed by atoms with E-state index in [1.165, 1.54) is 4.90 Å². The fourth-order valence-electron chi connectivity index (χ4n) is 2.38. The molecule has 0 unspecified atom stereocenters. The molecule has 3 rings (SSSR count). The lowest BCUT2D eigenvalue weighted by molar-refractivity contribution is 0.884. The SMILES string of the molecule is CCSc1ccc(-c2nn(-c3ccccc3)cc2/C=N\N)cc1. The van der Waals surface area contributed by atoms with Crippen molar-refractivity contribution in [3.8, 4) is 16.9 Å². The van der Waals surface area contributed by atoms with E-state index in [9.17, 15) is 0 Å². The van der Waals surface area contributed by atoms with Gasteiger partial charge < -0.3 is 5.84 Å². The lowest BCUT2D eigenvalue weighted by atomic mass is 10.1. The van der Waals surface area contributed by atoms with Crippen molar-refractivity contribution in [3.63, 3.8) is 0 Å². The Morgan fingerprint density at radius 3 is 2.52 bits per heavy atom. The maximum atomic E-state index is 5.35. The Kier molecular flexibility index (Phi) is 4.78. The van der Waals surface area contributed by atoms with E-state index in [1.807, 2.05) is 53.0 Å². The van der Waals surface area contributed by atoms with E-state index < -0.39 is 0 Å². The van der Waals surface area contributed by atoms with Crippen LogP contribution in [0, 0.1) is 0 Å². The standard InChI is InChI=1S/C18H18N4S/c1-2-23-17-10-8-14(9-11-17)18-15(12-20-19)13-22(21-18)16-6-4-3-5-7-16/h3-13H,2,19H2,1H3/b20-12-. The Morgan fingerprint density at radius 2 is 1.87 bits per heavy atom. The summed E-state index contributed by atoms with van der Waals surface area (Å²) >= 11 is 1.82. The summed E-state index contributed by atoms with van der Waals surface area (Å²) in [6.07, 6.45) is 3.58. The molecule has 0 atom stereocenters. The number of hydrogen-bond donors (Lipinski definition) is 1. The van der Waals surface area contributed by atoms with Crippen LogP contribution in [0.3, 0.4) is 0 Å². The molecule has 0 aliphatic carbocycles. The molecule has 0 aliphatic heterocycles.